The van der Waals surface area contributed by atoms with Crippen molar-refractivity contribution in [3.8, 4) is 0 Å². The third-order valence-electron chi connectivity index (χ3n) is 3.05. The van der Waals surface area contributed by atoms with Crippen LogP contribution in [0.4, 0.5) is 4.39 Å². The first-order valence-electron chi connectivity index (χ1n) is 5.79. The molecule has 0 saturated carbocycles. The van der Waals surface area contributed by atoms with Gasteiger partial charge >= 0.3 is 0 Å². The van der Waals surface area contributed by atoms with E-state index < -0.39 is 5.82 Å². The quantitative estimate of drug-likeness (QED) is 0.848. The lowest BCUT2D eigenvalue weighted by Crippen LogP contribution is -2.29. The van der Waals surface area contributed by atoms with Crippen molar-refractivity contribution < 1.29 is 9.18 Å². The second-order valence-corrected chi connectivity index (χ2v) is 5.73. The van der Waals surface area contributed by atoms with Crippen molar-refractivity contribution >= 4 is 29.9 Å². The van der Waals surface area contributed by atoms with Gasteiger partial charge in [-0.2, -0.15) is 0 Å². The Morgan fingerprint density at radius 2 is 2.16 bits per heavy atom. The third-order valence-corrected chi connectivity index (χ3v) is 4.43. The van der Waals surface area contributed by atoms with Gasteiger partial charge in [-0.05, 0) is 36.6 Å². The van der Waals surface area contributed by atoms with Gasteiger partial charge < -0.3 is 4.90 Å². The molecule has 1 amide bonds. The number of hydrogen-bond donors (Lipinski definition) is 1. The van der Waals surface area contributed by atoms with Crippen LogP contribution in [-0.4, -0.2) is 17.9 Å². The topological polar surface area (TPSA) is 20.3 Å². The molecule has 0 aliphatic carbocycles. The van der Waals surface area contributed by atoms with Crippen LogP contribution in [0, 0.1) is 5.82 Å². The van der Waals surface area contributed by atoms with Gasteiger partial charge in [-0.1, -0.05) is 6.07 Å². The molecule has 100 valence electrons. The Hall–Kier alpha value is -1.33. The molecule has 0 aliphatic heterocycles. The Labute approximate surface area is 121 Å². The van der Waals surface area contributed by atoms with Crippen molar-refractivity contribution in [3.63, 3.8) is 0 Å². The summed E-state index contributed by atoms with van der Waals surface area (Å²) in [6.07, 6.45) is 0. The number of rotatable bonds is 3. The molecular weight excluding hydrogens is 281 g/mol. The molecule has 1 aromatic carbocycles. The molecule has 2 aromatic rings. The van der Waals surface area contributed by atoms with E-state index in [-0.39, 0.29) is 16.8 Å². The Morgan fingerprint density at radius 3 is 2.74 bits per heavy atom. The number of amides is 1. The number of halogens is 1. The zero-order valence-corrected chi connectivity index (χ0v) is 12.3. The summed E-state index contributed by atoms with van der Waals surface area (Å²) in [5.74, 6) is -0.565. The van der Waals surface area contributed by atoms with Crippen LogP contribution in [0.25, 0.3) is 0 Å². The highest BCUT2D eigenvalue weighted by molar-refractivity contribution is 7.80. The van der Waals surface area contributed by atoms with E-state index >= 15 is 0 Å². The molecule has 1 aromatic heterocycles. The Balaban J connectivity index is 2.21. The summed E-state index contributed by atoms with van der Waals surface area (Å²) in [6, 6.07) is 8.14. The lowest BCUT2D eigenvalue weighted by Gasteiger charge is -2.24. The average molecular weight is 295 g/mol. The molecule has 0 radical (unpaired) electrons. The van der Waals surface area contributed by atoms with Crippen molar-refractivity contribution in [1.82, 2.24) is 4.90 Å². The molecule has 0 fully saturated rings. The Morgan fingerprint density at radius 1 is 1.42 bits per heavy atom. The van der Waals surface area contributed by atoms with E-state index in [1.807, 2.05) is 24.4 Å². The van der Waals surface area contributed by atoms with Crippen molar-refractivity contribution in [2.24, 2.45) is 0 Å². The maximum absolute atomic E-state index is 13.1. The minimum atomic E-state index is -0.422. The Kier molecular flexibility index (Phi) is 4.27. The summed E-state index contributed by atoms with van der Waals surface area (Å²) >= 11 is 5.61. The molecule has 2 nitrogen and oxygen atoms in total. The maximum atomic E-state index is 13.1. The van der Waals surface area contributed by atoms with E-state index in [2.05, 4.69) is 12.6 Å². The van der Waals surface area contributed by atoms with Crippen LogP contribution in [0.1, 0.15) is 28.2 Å². The Bertz CT molecular complexity index is 583. The zero-order valence-electron chi connectivity index (χ0n) is 10.6. The van der Waals surface area contributed by atoms with Gasteiger partial charge in [0.15, 0.2) is 0 Å². The van der Waals surface area contributed by atoms with E-state index in [4.69, 9.17) is 0 Å². The number of carbonyl (C=O) groups excluding carboxylic acids is 1. The van der Waals surface area contributed by atoms with Gasteiger partial charge in [0, 0.05) is 22.4 Å². The number of carbonyl (C=O) groups is 1. The van der Waals surface area contributed by atoms with Gasteiger partial charge in [-0.3, -0.25) is 4.79 Å². The summed E-state index contributed by atoms with van der Waals surface area (Å²) in [5.41, 5.74) is 0.442. The van der Waals surface area contributed by atoms with Gasteiger partial charge in [-0.15, -0.1) is 24.0 Å². The predicted octanol–water partition coefficient (Wildman–Crippen LogP) is 4.01. The van der Waals surface area contributed by atoms with Crippen LogP contribution in [-0.2, 0) is 0 Å². The number of thiol groups is 1. The van der Waals surface area contributed by atoms with Crippen LogP contribution < -0.4 is 0 Å². The SMILES string of the molecule is CC(c1cccs1)N(C)C(=O)c1ccc(F)c(S)c1. The molecule has 0 saturated heterocycles. The summed E-state index contributed by atoms with van der Waals surface area (Å²) < 4.78 is 13.1. The summed E-state index contributed by atoms with van der Waals surface area (Å²) in [6.45, 7) is 1.97. The second-order valence-electron chi connectivity index (χ2n) is 4.27. The number of nitrogens with zero attached hydrogens (tertiary/aromatic N) is 1. The normalized spacial score (nSPS) is 12.2. The molecule has 0 N–H and O–H groups in total. The van der Waals surface area contributed by atoms with E-state index in [0.29, 0.717) is 5.56 Å². The highest BCUT2D eigenvalue weighted by atomic mass is 32.1. The maximum Gasteiger partial charge on any atom is 0.254 e. The molecule has 5 heteroatoms. The molecule has 0 bridgehead atoms. The molecule has 1 unspecified atom stereocenters. The average Bonchev–Trinajstić information content (AvgIpc) is 2.93. The monoisotopic (exact) mass is 295 g/mol. The first-order valence-corrected chi connectivity index (χ1v) is 7.12. The molecular formula is C14H14FNOS2. The molecule has 19 heavy (non-hydrogen) atoms. The lowest BCUT2D eigenvalue weighted by molar-refractivity contribution is 0.0744. The van der Waals surface area contributed by atoms with Crippen molar-refractivity contribution in [3.05, 3.63) is 52.0 Å². The van der Waals surface area contributed by atoms with Crippen LogP contribution >= 0.6 is 24.0 Å². The van der Waals surface area contributed by atoms with E-state index in [1.54, 1.807) is 23.3 Å². The fourth-order valence-corrected chi connectivity index (χ4v) is 2.79. The number of benzene rings is 1. The smallest absolute Gasteiger partial charge is 0.254 e. The number of hydrogen-bond acceptors (Lipinski definition) is 3. The first-order chi connectivity index (χ1) is 9.00. The fourth-order valence-electron chi connectivity index (χ4n) is 1.75. The molecule has 1 atom stereocenters. The highest BCUT2D eigenvalue weighted by Gasteiger charge is 2.20. The molecule has 2 rings (SSSR count). The van der Waals surface area contributed by atoms with Gasteiger partial charge in [0.2, 0.25) is 0 Å². The zero-order chi connectivity index (χ0) is 14.0. The molecule has 1 heterocycles. The number of thiophene rings is 1. The standard InChI is InChI=1S/C14H14FNOS2/c1-9(13-4-3-7-19-13)16(2)14(17)10-5-6-11(15)12(18)8-10/h3-9,18H,1-2H3. The van der Waals surface area contributed by atoms with Crippen LogP contribution in [0.3, 0.4) is 0 Å². The predicted molar refractivity (Wildman–Crippen MR) is 78.5 cm³/mol. The highest BCUT2D eigenvalue weighted by Crippen LogP contribution is 2.25. The summed E-state index contributed by atoms with van der Waals surface area (Å²) in [7, 11) is 1.74. The van der Waals surface area contributed by atoms with Crippen molar-refractivity contribution in [1.29, 1.82) is 0 Å². The first kappa shape index (κ1) is 14.1. The summed E-state index contributed by atoms with van der Waals surface area (Å²) in [5, 5.41) is 1.98. The van der Waals surface area contributed by atoms with E-state index in [1.165, 1.54) is 18.2 Å². The van der Waals surface area contributed by atoms with Gasteiger partial charge in [-0.25, -0.2) is 4.39 Å². The molecule has 0 aliphatic rings. The van der Waals surface area contributed by atoms with Crippen LogP contribution in [0.2, 0.25) is 0 Å². The van der Waals surface area contributed by atoms with Crippen LogP contribution in [0.15, 0.2) is 40.6 Å². The minimum absolute atomic E-state index is 0.0130. The third kappa shape index (κ3) is 2.98. The summed E-state index contributed by atoms with van der Waals surface area (Å²) in [4.78, 5) is 15.3. The second kappa shape index (κ2) is 5.75. The van der Waals surface area contributed by atoms with Gasteiger partial charge in [0.05, 0.1) is 6.04 Å². The van der Waals surface area contributed by atoms with E-state index in [9.17, 15) is 9.18 Å². The largest absolute Gasteiger partial charge is 0.334 e. The van der Waals surface area contributed by atoms with Gasteiger partial charge in [0.1, 0.15) is 5.82 Å². The van der Waals surface area contributed by atoms with Crippen LogP contribution in [0.5, 0.6) is 0 Å². The van der Waals surface area contributed by atoms with Gasteiger partial charge in [0.25, 0.3) is 5.91 Å². The lowest BCUT2D eigenvalue weighted by atomic mass is 10.1. The minimum Gasteiger partial charge on any atom is -0.334 e. The van der Waals surface area contributed by atoms with Crippen molar-refractivity contribution in [2.45, 2.75) is 17.9 Å². The van der Waals surface area contributed by atoms with Crippen molar-refractivity contribution in [2.75, 3.05) is 7.05 Å². The molecule has 0 spiro atoms. The fraction of sp³-hybridized carbons (Fsp3) is 0.214. The van der Waals surface area contributed by atoms with E-state index in [0.717, 1.165) is 4.88 Å².